The van der Waals surface area contributed by atoms with Gasteiger partial charge in [-0.3, -0.25) is 4.79 Å². The first-order chi connectivity index (χ1) is 4.70. The first kappa shape index (κ1) is 11.8. The minimum Gasteiger partial charge on any atom is -0.480 e. The van der Waals surface area contributed by atoms with Crippen LogP contribution in [0.1, 0.15) is 12.8 Å². The molecule has 1 fully saturated rings. The predicted octanol–water partition coefficient (Wildman–Crippen LogP) is 0.273. The molecule has 0 spiro atoms. The average molecular weight is 374 g/mol. The zero-order valence-electron chi connectivity index (χ0n) is 6.34. The van der Waals surface area contributed by atoms with Crippen LogP contribution in [-0.2, 0) is 4.79 Å². The van der Waals surface area contributed by atoms with Gasteiger partial charge < -0.3 is 17.3 Å². The maximum Gasteiger partial charge on any atom is 0.320 e. The van der Waals surface area contributed by atoms with Gasteiger partial charge in [0.2, 0.25) is 0 Å². The summed E-state index contributed by atoms with van der Waals surface area (Å²) < 4.78 is 0. The standard InChI is InChI=1S/C7H12NO2.Th/c1-5-2-3-8-6(4-5)7(9)10;/h5-6,8H,1-4H2,(H,9,10);/q-1;. The molecule has 0 aromatic carbocycles. The van der Waals surface area contributed by atoms with Crippen molar-refractivity contribution in [1.82, 2.24) is 5.32 Å². The summed E-state index contributed by atoms with van der Waals surface area (Å²) in [7, 11) is 0. The van der Waals surface area contributed by atoms with E-state index >= 15 is 0 Å². The molecule has 0 aromatic heterocycles. The molecular formula is C7H12NO2Th-. The van der Waals surface area contributed by atoms with E-state index in [1.54, 1.807) is 0 Å². The van der Waals surface area contributed by atoms with Gasteiger partial charge in [0.25, 0.3) is 0 Å². The SMILES string of the molecule is [CH2-]C1CCNC(C(=O)O)C1.[Th]. The molecule has 0 saturated carbocycles. The van der Waals surface area contributed by atoms with Crippen molar-refractivity contribution in [3.8, 4) is 0 Å². The quantitative estimate of drug-likeness (QED) is 0.649. The van der Waals surface area contributed by atoms with E-state index in [-0.39, 0.29) is 46.0 Å². The van der Waals surface area contributed by atoms with E-state index in [0.29, 0.717) is 12.3 Å². The molecule has 0 aliphatic carbocycles. The fourth-order valence-electron chi connectivity index (χ4n) is 1.18. The van der Waals surface area contributed by atoms with Crippen LogP contribution in [0.5, 0.6) is 0 Å². The first-order valence-electron chi connectivity index (χ1n) is 3.49. The van der Waals surface area contributed by atoms with E-state index in [9.17, 15) is 4.79 Å². The smallest absolute Gasteiger partial charge is 0.320 e. The molecule has 1 aliphatic rings. The average Bonchev–Trinajstić information content (AvgIpc) is 1.88. The third-order valence-electron chi connectivity index (χ3n) is 1.81. The number of rotatable bonds is 1. The van der Waals surface area contributed by atoms with E-state index in [2.05, 4.69) is 12.2 Å². The van der Waals surface area contributed by atoms with E-state index in [4.69, 9.17) is 5.11 Å². The van der Waals surface area contributed by atoms with E-state index in [0.717, 1.165) is 13.0 Å². The van der Waals surface area contributed by atoms with E-state index in [1.807, 2.05) is 0 Å². The van der Waals surface area contributed by atoms with E-state index < -0.39 is 5.97 Å². The monoisotopic (exact) mass is 374 g/mol. The molecule has 3 nitrogen and oxygen atoms in total. The Kier molecular flexibility index (Phi) is 5.78. The van der Waals surface area contributed by atoms with Crippen LogP contribution in [0.15, 0.2) is 0 Å². The first-order valence-corrected chi connectivity index (χ1v) is 3.49. The van der Waals surface area contributed by atoms with Gasteiger partial charge >= 0.3 is 5.97 Å². The van der Waals surface area contributed by atoms with Gasteiger partial charge in [-0.2, -0.15) is 5.92 Å². The summed E-state index contributed by atoms with van der Waals surface area (Å²) in [5, 5.41) is 11.5. The van der Waals surface area contributed by atoms with Gasteiger partial charge in [-0.15, -0.1) is 0 Å². The van der Waals surface area contributed by atoms with Crippen molar-refractivity contribution in [1.29, 1.82) is 0 Å². The third-order valence-corrected chi connectivity index (χ3v) is 1.81. The number of carboxylic acid groups (broad SMARTS) is 1. The maximum atomic E-state index is 10.4. The molecule has 2 N–H and O–H groups in total. The largest absolute Gasteiger partial charge is 0.480 e. The molecule has 11 heavy (non-hydrogen) atoms. The molecule has 2 unspecified atom stereocenters. The normalized spacial score (nSPS) is 30.6. The zero-order chi connectivity index (χ0) is 7.56. The van der Waals surface area contributed by atoms with Crippen LogP contribution in [0.3, 0.4) is 0 Å². The van der Waals surface area contributed by atoms with Crippen LogP contribution in [0.2, 0.25) is 0 Å². The van der Waals surface area contributed by atoms with Gasteiger partial charge in [-0.1, -0.05) is 12.8 Å². The number of carbonyl (C=O) groups is 1. The molecule has 4 heteroatoms. The molecule has 2 atom stereocenters. The Balaban J connectivity index is 0.000001000. The Morgan fingerprint density at radius 2 is 2.27 bits per heavy atom. The number of aliphatic carboxylic acids is 1. The van der Waals surface area contributed by atoms with Crippen molar-refractivity contribution in [3.63, 3.8) is 0 Å². The van der Waals surface area contributed by atoms with Crippen molar-refractivity contribution < 1.29 is 49.8 Å². The topological polar surface area (TPSA) is 49.3 Å². The second-order valence-corrected chi connectivity index (χ2v) is 2.74. The summed E-state index contributed by atoms with van der Waals surface area (Å²) in [4.78, 5) is 10.4. The van der Waals surface area contributed by atoms with Gasteiger partial charge in [0.05, 0.1) is 0 Å². The molecule has 0 amide bonds. The molecule has 1 heterocycles. The van der Waals surface area contributed by atoms with Crippen LogP contribution < -0.4 is 5.32 Å². The Hall–Kier alpha value is 0.755. The Labute approximate surface area is 98.6 Å². The maximum absolute atomic E-state index is 10.4. The minimum absolute atomic E-state index is 0. The zero-order valence-corrected chi connectivity index (χ0v) is 10.4. The van der Waals surface area contributed by atoms with Crippen LogP contribution in [0.4, 0.5) is 0 Å². The summed E-state index contributed by atoms with van der Waals surface area (Å²) in [5.41, 5.74) is 0. The Morgan fingerprint density at radius 1 is 1.64 bits per heavy atom. The fourth-order valence-corrected chi connectivity index (χ4v) is 1.18. The molecule has 1 saturated heterocycles. The number of hydrogen-bond acceptors (Lipinski definition) is 2. The van der Waals surface area contributed by atoms with Gasteiger partial charge in [0, 0.05) is 39.9 Å². The van der Waals surface area contributed by atoms with Crippen molar-refractivity contribution in [3.05, 3.63) is 6.92 Å². The molecule has 1 aliphatic heterocycles. The predicted molar refractivity (Wildman–Crippen MR) is 37.5 cm³/mol. The summed E-state index contributed by atoms with van der Waals surface area (Å²) in [5.74, 6) is -0.448. The Bertz CT molecular complexity index is 140. The fraction of sp³-hybridized carbons (Fsp3) is 0.714. The van der Waals surface area contributed by atoms with Crippen molar-refractivity contribution in [2.45, 2.75) is 18.9 Å². The minimum atomic E-state index is -0.756. The van der Waals surface area contributed by atoms with E-state index in [1.165, 1.54) is 0 Å². The second-order valence-electron chi connectivity index (χ2n) is 2.74. The molecule has 1 rings (SSSR count). The molecular weight excluding hydrogens is 362 g/mol. The Morgan fingerprint density at radius 3 is 2.64 bits per heavy atom. The van der Waals surface area contributed by atoms with Crippen molar-refractivity contribution in [2.24, 2.45) is 5.92 Å². The summed E-state index contributed by atoms with van der Waals surface area (Å²) >= 11 is 0. The van der Waals surface area contributed by atoms with Crippen molar-refractivity contribution in [2.75, 3.05) is 6.54 Å². The summed E-state index contributed by atoms with van der Waals surface area (Å²) in [6.07, 6.45) is 1.65. The van der Waals surface area contributed by atoms with Crippen LogP contribution in [-0.4, -0.2) is 23.7 Å². The summed E-state index contributed by atoms with van der Waals surface area (Å²) in [6.45, 7) is 4.61. The van der Waals surface area contributed by atoms with Crippen LogP contribution in [0, 0.1) is 52.8 Å². The number of carboxylic acids is 1. The van der Waals surface area contributed by atoms with Gasteiger partial charge in [-0.05, 0) is 6.54 Å². The molecule has 0 bridgehead atoms. The van der Waals surface area contributed by atoms with Gasteiger partial charge in [0.15, 0.2) is 0 Å². The number of piperidine rings is 1. The van der Waals surface area contributed by atoms with Crippen molar-refractivity contribution >= 4 is 5.97 Å². The number of nitrogens with one attached hydrogen (secondary N) is 1. The van der Waals surface area contributed by atoms with Crippen LogP contribution in [0.25, 0.3) is 0 Å². The molecule has 62 valence electrons. The van der Waals surface area contributed by atoms with Crippen LogP contribution >= 0.6 is 0 Å². The molecule has 0 radical (unpaired) electrons. The van der Waals surface area contributed by atoms with Gasteiger partial charge in [-0.25, -0.2) is 0 Å². The molecule has 0 aromatic rings. The summed E-state index contributed by atoms with van der Waals surface area (Å²) in [6, 6.07) is -0.365. The van der Waals surface area contributed by atoms with Gasteiger partial charge in [0.1, 0.15) is 6.04 Å². The second kappa shape index (κ2) is 5.41. The number of hydrogen-bond donors (Lipinski definition) is 2. The third kappa shape index (κ3) is 3.79.